The summed E-state index contributed by atoms with van der Waals surface area (Å²) in [4.78, 5) is 4.53. The fraction of sp³-hybridized carbons (Fsp3) is 0.769. The predicted octanol–water partition coefficient (Wildman–Crippen LogP) is 2.83. The molecule has 17 heavy (non-hydrogen) atoms. The zero-order valence-electron chi connectivity index (χ0n) is 10.8. The Hall–Kier alpha value is -0.450. The van der Waals surface area contributed by atoms with Crippen LogP contribution in [0.4, 0.5) is 0 Å². The number of rotatable bonds is 7. The first-order chi connectivity index (χ1) is 8.15. The molecular weight excluding hydrogens is 230 g/mol. The number of nitrogens with one attached hydrogen (secondary N) is 1. The molecule has 0 amide bonds. The van der Waals surface area contributed by atoms with Crippen molar-refractivity contribution in [1.82, 2.24) is 10.3 Å². The van der Waals surface area contributed by atoms with Crippen LogP contribution < -0.4 is 11.1 Å². The molecule has 1 heterocycles. The minimum atomic E-state index is 0.0589. The molecule has 1 atom stereocenters. The van der Waals surface area contributed by atoms with E-state index in [1.165, 1.54) is 25.7 Å². The highest BCUT2D eigenvalue weighted by atomic mass is 32.1. The van der Waals surface area contributed by atoms with Crippen molar-refractivity contribution in [3.05, 3.63) is 16.1 Å². The zero-order chi connectivity index (χ0) is 12.3. The first-order valence-electron chi connectivity index (χ1n) is 6.56. The Morgan fingerprint density at radius 2 is 2.35 bits per heavy atom. The molecule has 1 saturated carbocycles. The fourth-order valence-corrected chi connectivity index (χ4v) is 3.07. The van der Waals surface area contributed by atoms with Crippen molar-refractivity contribution in [2.75, 3.05) is 6.54 Å². The van der Waals surface area contributed by atoms with Gasteiger partial charge < -0.3 is 11.1 Å². The van der Waals surface area contributed by atoms with E-state index in [9.17, 15) is 0 Å². The van der Waals surface area contributed by atoms with E-state index in [2.05, 4.69) is 22.6 Å². The Balaban J connectivity index is 1.74. The molecule has 0 aliphatic heterocycles. The first-order valence-corrected chi connectivity index (χ1v) is 7.44. The topological polar surface area (TPSA) is 50.9 Å². The van der Waals surface area contributed by atoms with Crippen LogP contribution in [0.2, 0.25) is 0 Å². The van der Waals surface area contributed by atoms with Gasteiger partial charge in [0, 0.05) is 18.5 Å². The Bertz CT molecular complexity index is 355. The van der Waals surface area contributed by atoms with Gasteiger partial charge in [0.1, 0.15) is 5.01 Å². The fourth-order valence-electron chi connectivity index (χ4n) is 2.29. The Morgan fingerprint density at radius 1 is 1.59 bits per heavy atom. The standard InChI is InChI=1S/C13H23N3S/c1-3-4-13(5-6-13)9-15-7-11-8-17-12(16-11)10(2)14/h8,10,15H,3-7,9,14H2,1-2H3. The minimum Gasteiger partial charge on any atom is -0.322 e. The molecule has 0 bridgehead atoms. The van der Waals surface area contributed by atoms with Crippen molar-refractivity contribution in [1.29, 1.82) is 0 Å². The summed E-state index contributed by atoms with van der Waals surface area (Å²) >= 11 is 1.67. The summed E-state index contributed by atoms with van der Waals surface area (Å²) in [5.41, 5.74) is 7.56. The summed E-state index contributed by atoms with van der Waals surface area (Å²) in [7, 11) is 0. The zero-order valence-corrected chi connectivity index (χ0v) is 11.6. The maximum atomic E-state index is 5.80. The molecule has 1 aliphatic carbocycles. The van der Waals surface area contributed by atoms with E-state index in [0.717, 1.165) is 23.8 Å². The molecule has 4 heteroatoms. The molecule has 0 saturated heterocycles. The number of thiazole rings is 1. The predicted molar refractivity (Wildman–Crippen MR) is 73.0 cm³/mol. The maximum Gasteiger partial charge on any atom is 0.109 e. The van der Waals surface area contributed by atoms with Crippen LogP contribution in [0.3, 0.4) is 0 Å². The van der Waals surface area contributed by atoms with Gasteiger partial charge in [0.15, 0.2) is 0 Å². The molecule has 0 radical (unpaired) electrons. The first kappa shape index (κ1) is 13.0. The molecular formula is C13H23N3S. The molecule has 1 aromatic rings. The normalized spacial score (nSPS) is 19.2. The van der Waals surface area contributed by atoms with Crippen LogP contribution in [0.5, 0.6) is 0 Å². The van der Waals surface area contributed by atoms with E-state index in [1.807, 2.05) is 6.92 Å². The lowest BCUT2D eigenvalue weighted by atomic mass is 10.0. The average molecular weight is 253 g/mol. The van der Waals surface area contributed by atoms with Gasteiger partial charge in [-0.15, -0.1) is 11.3 Å². The van der Waals surface area contributed by atoms with Gasteiger partial charge >= 0.3 is 0 Å². The summed E-state index contributed by atoms with van der Waals surface area (Å²) in [5.74, 6) is 0. The maximum absolute atomic E-state index is 5.80. The summed E-state index contributed by atoms with van der Waals surface area (Å²) in [6, 6.07) is 0.0589. The average Bonchev–Trinajstić information content (AvgIpc) is 2.88. The van der Waals surface area contributed by atoms with E-state index in [4.69, 9.17) is 5.73 Å². The van der Waals surface area contributed by atoms with Gasteiger partial charge in [0.25, 0.3) is 0 Å². The van der Waals surface area contributed by atoms with E-state index < -0.39 is 0 Å². The van der Waals surface area contributed by atoms with Gasteiger partial charge in [-0.05, 0) is 31.6 Å². The molecule has 0 spiro atoms. The molecule has 1 fully saturated rings. The third kappa shape index (κ3) is 3.50. The quantitative estimate of drug-likeness (QED) is 0.785. The summed E-state index contributed by atoms with van der Waals surface area (Å²) < 4.78 is 0. The monoisotopic (exact) mass is 253 g/mol. The molecule has 1 aliphatic rings. The van der Waals surface area contributed by atoms with Crippen LogP contribution in [0.1, 0.15) is 56.3 Å². The number of nitrogens with two attached hydrogens (primary N) is 1. The summed E-state index contributed by atoms with van der Waals surface area (Å²) in [5, 5.41) is 6.70. The molecule has 3 nitrogen and oxygen atoms in total. The van der Waals surface area contributed by atoms with Crippen molar-refractivity contribution < 1.29 is 0 Å². The molecule has 3 N–H and O–H groups in total. The van der Waals surface area contributed by atoms with Crippen LogP contribution in [0.25, 0.3) is 0 Å². The molecule has 1 aromatic heterocycles. The number of hydrogen-bond acceptors (Lipinski definition) is 4. The van der Waals surface area contributed by atoms with Crippen molar-refractivity contribution in [2.24, 2.45) is 11.1 Å². The Labute approximate surface area is 108 Å². The molecule has 2 rings (SSSR count). The van der Waals surface area contributed by atoms with Crippen LogP contribution in [-0.2, 0) is 6.54 Å². The van der Waals surface area contributed by atoms with Crippen molar-refractivity contribution in [2.45, 2.75) is 52.1 Å². The number of nitrogens with zero attached hydrogens (tertiary/aromatic N) is 1. The SMILES string of the molecule is CCCC1(CNCc2csc(C(C)N)n2)CC1. The smallest absolute Gasteiger partial charge is 0.109 e. The van der Waals surface area contributed by atoms with Crippen LogP contribution >= 0.6 is 11.3 Å². The minimum absolute atomic E-state index is 0.0589. The lowest BCUT2D eigenvalue weighted by molar-refractivity contribution is 0.419. The van der Waals surface area contributed by atoms with Gasteiger partial charge in [0.2, 0.25) is 0 Å². The third-order valence-electron chi connectivity index (χ3n) is 3.50. The van der Waals surface area contributed by atoms with Gasteiger partial charge in [-0.3, -0.25) is 0 Å². The second-order valence-corrected chi connectivity index (χ2v) is 6.21. The van der Waals surface area contributed by atoms with Gasteiger partial charge in [-0.2, -0.15) is 0 Å². The van der Waals surface area contributed by atoms with Crippen molar-refractivity contribution in [3.63, 3.8) is 0 Å². The largest absolute Gasteiger partial charge is 0.322 e. The van der Waals surface area contributed by atoms with Gasteiger partial charge in [0.05, 0.1) is 11.7 Å². The Kier molecular flexibility index (Phi) is 4.17. The van der Waals surface area contributed by atoms with Crippen molar-refractivity contribution in [3.8, 4) is 0 Å². The molecule has 1 unspecified atom stereocenters. The van der Waals surface area contributed by atoms with E-state index in [0.29, 0.717) is 5.41 Å². The van der Waals surface area contributed by atoms with E-state index in [1.54, 1.807) is 11.3 Å². The molecule has 0 aromatic carbocycles. The highest BCUT2D eigenvalue weighted by Crippen LogP contribution is 2.48. The third-order valence-corrected chi connectivity index (χ3v) is 4.60. The van der Waals surface area contributed by atoms with E-state index >= 15 is 0 Å². The van der Waals surface area contributed by atoms with E-state index in [-0.39, 0.29) is 6.04 Å². The van der Waals surface area contributed by atoms with Gasteiger partial charge in [-0.1, -0.05) is 13.3 Å². The van der Waals surface area contributed by atoms with Crippen LogP contribution in [0.15, 0.2) is 5.38 Å². The number of hydrogen-bond donors (Lipinski definition) is 2. The van der Waals surface area contributed by atoms with Gasteiger partial charge in [-0.25, -0.2) is 4.98 Å². The second kappa shape index (κ2) is 5.46. The second-order valence-electron chi connectivity index (χ2n) is 5.32. The Morgan fingerprint density at radius 3 is 2.88 bits per heavy atom. The lowest BCUT2D eigenvalue weighted by Gasteiger charge is -2.14. The highest BCUT2D eigenvalue weighted by molar-refractivity contribution is 7.09. The summed E-state index contributed by atoms with van der Waals surface area (Å²) in [6.45, 7) is 6.28. The van der Waals surface area contributed by atoms with Crippen LogP contribution in [0, 0.1) is 5.41 Å². The summed E-state index contributed by atoms with van der Waals surface area (Å²) in [6.07, 6.45) is 5.46. The lowest BCUT2D eigenvalue weighted by Crippen LogP contribution is -2.23. The van der Waals surface area contributed by atoms with Crippen LogP contribution in [-0.4, -0.2) is 11.5 Å². The molecule has 96 valence electrons. The van der Waals surface area contributed by atoms with Crippen molar-refractivity contribution >= 4 is 11.3 Å². The number of aromatic nitrogens is 1. The highest BCUT2D eigenvalue weighted by Gasteiger charge is 2.40.